The molecule has 0 amide bonds. The minimum absolute atomic E-state index is 0.209. The number of carbonyl (C=O) groups excluding carboxylic acids is 1. The Morgan fingerprint density at radius 2 is 1.78 bits per heavy atom. The summed E-state index contributed by atoms with van der Waals surface area (Å²) in [5.41, 5.74) is 5.01. The first-order valence-electron chi connectivity index (χ1n) is 8.94. The third-order valence-corrected chi connectivity index (χ3v) is 4.88. The van der Waals surface area contributed by atoms with Crippen molar-refractivity contribution < 1.29 is 14.3 Å². The van der Waals surface area contributed by atoms with Crippen molar-refractivity contribution in [1.82, 2.24) is 4.98 Å². The normalized spacial score (nSPS) is 11.5. The second-order valence-corrected chi connectivity index (χ2v) is 7.62. The molecule has 27 heavy (non-hydrogen) atoms. The number of pyridine rings is 1. The number of hydrogen-bond donors (Lipinski definition) is 0. The molecule has 4 nitrogen and oxygen atoms in total. The molecular weight excluding hydrogens is 338 g/mol. The van der Waals surface area contributed by atoms with Crippen LogP contribution in [0.25, 0.3) is 22.0 Å². The van der Waals surface area contributed by atoms with Gasteiger partial charge in [-0.3, -0.25) is 4.98 Å². The highest BCUT2D eigenvalue weighted by atomic mass is 16.5. The Bertz CT molecular complexity index is 1010. The molecule has 140 valence electrons. The molecule has 0 spiro atoms. The summed E-state index contributed by atoms with van der Waals surface area (Å²) >= 11 is 0. The Hall–Kier alpha value is -2.88. The fraction of sp³-hybridized carbons (Fsp3) is 0.304. The van der Waals surface area contributed by atoms with Crippen LogP contribution in [0.5, 0.6) is 5.75 Å². The Labute approximate surface area is 160 Å². The number of benzene rings is 2. The highest BCUT2D eigenvalue weighted by Crippen LogP contribution is 2.42. The van der Waals surface area contributed by atoms with Gasteiger partial charge in [0, 0.05) is 17.1 Å². The zero-order valence-corrected chi connectivity index (χ0v) is 16.7. The van der Waals surface area contributed by atoms with Gasteiger partial charge in [-0.05, 0) is 47.2 Å². The van der Waals surface area contributed by atoms with E-state index in [1.165, 1.54) is 7.11 Å². The maximum Gasteiger partial charge on any atom is 0.341 e. The highest BCUT2D eigenvalue weighted by Gasteiger charge is 2.28. The van der Waals surface area contributed by atoms with Crippen LogP contribution >= 0.6 is 0 Å². The number of nitrogens with zero attached hydrogens (tertiary/aromatic N) is 1. The van der Waals surface area contributed by atoms with Gasteiger partial charge in [0.2, 0.25) is 0 Å². The molecule has 0 unspecified atom stereocenters. The zero-order valence-electron chi connectivity index (χ0n) is 16.7. The van der Waals surface area contributed by atoms with Crippen LogP contribution in [0.1, 0.15) is 42.3 Å². The van der Waals surface area contributed by atoms with Crippen molar-refractivity contribution in [3.63, 3.8) is 0 Å². The highest BCUT2D eigenvalue weighted by molar-refractivity contribution is 6.01. The van der Waals surface area contributed by atoms with Gasteiger partial charge in [0.05, 0.1) is 19.7 Å². The van der Waals surface area contributed by atoms with Crippen molar-refractivity contribution in [2.75, 3.05) is 14.2 Å². The number of hydrogen-bond acceptors (Lipinski definition) is 4. The Morgan fingerprint density at radius 3 is 2.41 bits per heavy atom. The Morgan fingerprint density at radius 1 is 1.04 bits per heavy atom. The summed E-state index contributed by atoms with van der Waals surface area (Å²) in [7, 11) is 2.99. The van der Waals surface area contributed by atoms with E-state index in [0.717, 1.165) is 33.2 Å². The Balaban J connectivity index is 2.45. The quantitative estimate of drug-likeness (QED) is 0.592. The summed E-state index contributed by atoms with van der Waals surface area (Å²) in [6, 6.07) is 12.1. The second-order valence-electron chi connectivity index (χ2n) is 7.62. The lowest BCUT2D eigenvalue weighted by molar-refractivity contribution is 0.0596. The number of esters is 1. The average molecular weight is 363 g/mol. The SMILES string of the molecule is COC(=O)c1c(C)c(-c2cccc3ncccc23)cc(C(C)(C)C)c1OC. The number of aromatic nitrogens is 1. The van der Waals surface area contributed by atoms with Gasteiger partial charge in [0.25, 0.3) is 0 Å². The van der Waals surface area contributed by atoms with Crippen molar-refractivity contribution in [3.8, 4) is 16.9 Å². The van der Waals surface area contributed by atoms with Crippen molar-refractivity contribution in [1.29, 1.82) is 0 Å². The predicted molar refractivity (Wildman–Crippen MR) is 109 cm³/mol. The largest absolute Gasteiger partial charge is 0.496 e. The van der Waals surface area contributed by atoms with E-state index in [-0.39, 0.29) is 5.41 Å². The lowest BCUT2D eigenvalue weighted by Crippen LogP contribution is -2.17. The maximum absolute atomic E-state index is 12.6. The minimum atomic E-state index is -0.393. The molecule has 3 rings (SSSR count). The molecule has 0 saturated heterocycles. The fourth-order valence-corrected chi connectivity index (χ4v) is 3.49. The minimum Gasteiger partial charge on any atom is -0.496 e. The third-order valence-electron chi connectivity index (χ3n) is 4.88. The maximum atomic E-state index is 12.6. The lowest BCUT2D eigenvalue weighted by Gasteiger charge is -2.26. The summed E-state index contributed by atoms with van der Waals surface area (Å²) in [5.74, 6) is 0.184. The molecule has 4 heteroatoms. The van der Waals surface area contributed by atoms with E-state index in [4.69, 9.17) is 9.47 Å². The first-order chi connectivity index (χ1) is 12.8. The molecule has 0 fully saturated rings. The van der Waals surface area contributed by atoms with E-state index in [2.05, 4.69) is 44.0 Å². The summed E-state index contributed by atoms with van der Waals surface area (Å²) < 4.78 is 10.7. The number of ether oxygens (including phenoxy) is 2. The monoisotopic (exact) mass is 363 g/mol. The molecule has 3 aromatic rings. The lowest BCUT2D eigenvalue weighted by atomic mass is 9.81. The van der Waals surface area contributed by atoms with Gasteiger partial charge >= 0.3 is 5.97 Å². The summed E-state index contributed by atoms with van der Waals surface area (Å²) in [4.78, 5) is 17.1. The Kier molecular flexibility index (Phi) is 4.92. The van der Waals surface area contributed by atoms with Gasteiger partial charge in [-0.1, -0.05) is 39.0 Å². The van der Waals surface area contributed by atoms with Crippen molar-refractivity contribution >= 4 is 16.9 Å². The van der Waals surface area contributed by atoms with E-state index in [1.807, 2.05) is 25.1 Å². The fourth-order valence-electron chi connectivity index (χ4n) is 3.49. The first-order valence-corrected chi connectivity index (χ1v) is 8.94. The van der Waals surface area contributed by atoms with Crippen molar-refractivity contribution in [3.05, 3.63) is 59.3 Å². The van der Waals surface area contributed by atoms with Crippen LogP contribution < -0.4 is 4.74 Å². The molecule has 1 aromatic heterocycles. The van der Waals surface area contributed by atoms with E-state index < -0.39 is 5.97 Å². The van der Waals surface area contributed by atoms with Crippen molar-refractivity contribution in [2.45, 2.75) is 33.1 Å². The topological polar surface area (TPSA) is 48.4 Å². The van der Waals surface area contributed by atoms with E-state index in [0.29, 0.717) is 11.3 Å². The summed E-state index contributed by atoms with van der Waals surface area (Å²) in [6.07, 6.45) is 1.79. The smallest absolute Gasteiger partial charge is 0.341 e. The van der Waals surface area contributed by atoms with Crippen LogP contribution in [-0.2, 0) is 10.2 Å². The molecule has 0 aliphatic heterocycles. The second kappa shape index (κ2) is 7.03. The van der Waals surface area contributed by atoms with Crippen LogP contribution in [0.3, 0.4) is 0 Å². The van der Waals surface area contributed by atoms with Gasteiger partial charge in [-0.25, -0.2) is 4.79 Å². The molecule has 1 heterocycles. The first kappa shape index (κ1) is 18.9. The van der Waals surface area contributed by atoms with E-state index >= 15 is 0 Å². The molecule has 0 bridgehead atoms. The van der Waals surface area contributed by atoms with Gasteiger partial charge < -0.3 is 9.47 Å². The molecule has 0 atom stereocenters. The number of rotatable bonds is 3. The van der Waals surface area contributed by atoms with E-state index in [9.17, 15) is 4.79 Å². The van der Waals surface area contributed by atoms with Crippen LogP contribution in [0.4, 0.5) is 0 Å². The molecule has 0 N–H and O–H groups in total. The molecule has 0 aliphatic carbocycles. The van der Waals surface area contributed by atoms with E-state index in [1.54, 1.807) is 13.3 Å². The molecule has 0 saturated carbocycles. The number of fused-ring (bicyclic) bond motifs is 1. The summed E-state index contributed by atoms with van der Waals surface area (Å²) in [6.45, 7) is 8.26. The third kappa shape index (κ3) is 3.27. The van der Waals surface area contributed by atoms with Gasteiger partial charge in [-0.15, -0.1) is 0 Å². The van der Waals surface area contributed by atoms with Crippen LogP contribution in [0.2, 0.25) is 0 Å². The standard InChI is InChI=1S/C23H25NO3/c1-14-17(15-9-7-11-19-16(15)10-8-12-24-19)13-18(23(2,3)4)21(26-5)20(14)22(25)27-6/h7-13H,1-6H3. The number of methoxy groups -OCH3 is 2. The molecular formula is C23H25NO3. The molecule has 0 radical (unpaired) electrons. The van der Waals surface area contributed by atoms with Crippen LogP contribution in [0, 0.1) is 6.92 Å². The predicted octanol–water partition coefficient (Wildman–Crippen LogP) is 5.30. The summed E-state index contributed by atoms with van der Waals surface area (Å²) in [5, 5.41) is 1.05. The van der Waals surface area contributed by atoms with Crippen LogP contribution in [-0.4, -0.2) is 25.2 Å². The van der Waals surface area contributed by atoms with Gasteiger partial charge in [0.15, 0.2) is 0 Å². The van der Waals surface area contributed by atoms with Crippen molar-refractivity contribution in [2.24, 2.45) is 0 Å². The van der Waals surface area contributed by atoms with Gasteiger partial charge in [-0.2, -0.15) is 0 Å². The molecule has 0 aliphatic rings. The zero-order chi connectivity index (χ0) is 19.8. The average Bonchev–Trinajstić information content (AvgIpc) is 2.65. The number of carbonyl (C=O) groups is 1. The van der Waals surface area contributed by atoms with Gasteiger partial charge in [0.1, 0.15) is 11.3 Å². The van der Waals surface area contributed by atoms with Crippen LogP contribution in [0.15, 0.2) is 42.6 Å². The molecule has 2 aromatic carbocycles.